The van der Waals surface area contributed by atoms with Gasteiger partial charge in [-0.15, -0.1) is 0 Å². The number of halogens is 2. The first kappa shape index (κ1) is 20.9. The molecule has 0 radical (unpaired) electrons. The standard InChI is InChI=1S/C20H21F2N3O3S/c1-29(26,27)12-15-4-2-5-17(10-15)25-13-23-20(24-14-25)18-7-6-16(22)11-19(18)28-9-3-8-21/h2,4-7,10-11,13H,3,8-9,12,14H2,1H3. The summed E-state index contributed by atoms with van der Waals surface area (Å²) in [6.45, 7) is -0.136. The van der Waals surface area contributed by atoms with Crippen LogP contribution in [0, 0.1) is 5.82 Å². The third-order valence-electron chi connectivity index (χ3n) is 4.08. The van der Waals surface area contributed by atoms with Gasteiger partial charge in [-0.2, -0.15) is 0 Å². The second kappa shape index (κ2) is 9.13. The number of ether oxygens (including phenoxy) is 1. The number of rotatable bonds is 8. The summed E-state index contributed by atoms with van der Waals surface area (Å²) in [5, 5.41) is 0. The van der Waals surface area contributed by atoms with E-state index in [0.29, 0.717) is 17.0 Å². The second-order valence-electron chi connectivity index (χ2n) is 6.61. The molecular weight excluding hydrogens is 400 g/mol. The van der Waals surface area contributed by atoms with E-state index in [1.54, 1.807) is 29.4 Å². The van der Waals surface area contributed by atoms with Crippen LogP contribution in [0.4, 0.5) is 14.5 Å². The summed E-state index contributed by atoms with van der Waals surface area (Å²) in [6.07, 6.45) is 2.98. The van der Waals surface area contributed by atoms with Gasteiger partial charge in [0, 0.05) is 24.4 Å². The van der Waals surface area contributed by atoms with Crippen LogP contribution < -0.4 is 9.64 Å². The molecule has 1 aliphatic heterocycles. The molecule has 0 aromatic heterocycles. The van der Waals surface area contributed by atoms with E-state index in [2.05, 4.69) is 9.98 Å². The molecule has 6 nitrogen and oxygen atoms in total. The van der Waals surface area contributed by atoms with Gasteiger partial charge in [-0.05, 0) is 29.8 Å². The molecule has 0 amide bonds. The molecule has 1 heterocycles. The lowest BCUT2D eigenvalue weighted by molar-refractivity contribution is 0.288. The maximum atomic E-state index is 13.6. The number of sulfone groups is 1. The molecule has 0 atom stereocenters. The van der Waals surface area contributed by atoms with Crippen molar-refractivity contribution in [3.63, 3.8) is 0 Å². The van der Waals surface area contributed by atoms with Crippen LogP contribution in [-0.4, -0.2) is 46.8 Å². The largest absolute Gasteiger partial charge is 0.493 e. The zero-order valence-electron chi connectivity index (χ0n) is 15.9. The highest BCUT2D eigenvalue weighted by Crippen LogP contribution is 2.24. The van der Waals surface area contributed by atoms with Crippen molar-refractivity contribution >= 4 is 27.7 Å². The molecule has 0 fully saturated rings. The normalized spacial score (nSPS) is 14.0. The number of aliphatic imine (C=N–C) groups is 2. The molecular formula is C20H21F2N3O3S. The Morgan fingerprint density at radius 2 is 2.03 bits per heavy atom. The van der Waals surface area contributed by atoms with E-state index in [4.69, 9.17) is 4.74 Å². The first-order valence-corrected chi connectivity index (χ1v) is 11.0. The Morgan fingerprint density at radius 3 is 2.72 bits per heavy atom. The van der Waals surface area contributed by atoms with E-state index in [-0.39, 0.29) is 31.2 Å². The van der Waals surface area contributed by atoms with Crippen LogP contribution in [0.25, 0.3) is 0 Å². The van der Waals surface area contributed by atoms with Gasteiger partial charge in [-0.1, -0.05) is 12.1 Å². The third kappa shape index (κ3) is 5.83. The van der Waals surface area contributed by atoms with E-state index < -0.39 is 22.3 Å². The highest BCUT2D eigenvalue weighted by atomic mass is 32.2. The van der Waals surface area contributed by atoms with Crippen molar-refractivity contribution in [1.29, 1.82) is 0 Å². The Kier molecular flexibility index (Phi) is 6.58. The van der Waals surface area contributed by atoms with Gasteiger partial charge >= 0.3 is 0 Å². The second-order valence-corrected chi connectivity index (χ2v) is 8.75. The first-order chi connectivity index (χ1) is 13.9. The maximum absolute atomic E-state index is 13.6. The van der Waals surface area contributed by atoms with Gasteiger partial charge in [0.15, 0.2) is 15.7 Å². The van der Waals surface area contributed by atoms with Crippen LogP contribution in [0.1, 0.15) is 17.5 Å². The predicted octanol–water partition coefficient (Wildman–Crippen LogP) is 3.36. The van der Waals surface area contributed by atoms with Crippen molar-refractivity contribution in [3.8, 4) is 5.75 Å². The van der Waals surface area contributed by atoms with Crippen LogP contribution in [0.3, 0.4) is 0 Å². The summed E-state index contributed by atoms with van der Waals surface area (Å²) in [4.78, 5) is 10.5. The molecule has 9 heteroatoms. The number of amidine groups is 1. The fourth-order valence-corrected chi connectivity index (χ4v) is 3.60. The SMILES string of the molecule is CS(=O)(=O)Cc1cccc(N2C=NC(c3ccc(F)cc3OCCCF)=NC2)c1. The average molecular weight is 421 g/mol. The molecule has 2 aromatic carbocycles. The molecule has 0 aliphatic carbocycles. The minimum absolute atomic E-state index is 0.0461. The Hall–Kier alpha value is -2.81. The predicted molar refractivity (Wildman–Crippen MR) is 110 cm³/mol. The number of benzene rings is 2. The van der Waals surface area contributed by atoms with Crippen LogP contribution in [0.2, 0.25) is 0 Å². The van der Waals surface area contributed by atoms with E-state index >= 15 is 0 Å². The van der Waals surface area contributed by atoms with Crippen LogP contribution >= 0.6 is 0 Å². The summed E-state index contributed by atoms with van der Waals surface area (Å²) in [7, 11) is -3.14. The fraction of sp³-hybridized carbons (Fsp3) is 0.300. The van der Waals surface area contributed by atoms with Crippen molar-refractivity contribution < 1.29 is 21.9 Å². The van der Waals surface area contributed by atoms with E-state index in [9.17, 15) is 17.2 Å². The van der Waals surface area contributed by atoms with E-state index in [1.165, 1.54) is 24.5 Å². The number of alkyl halides is 1. The quantitative estimate of drug-likeness (QED) is 0.613. The maximum Gasteiger partial charge on any atom is 0.161 e. The van der Waals surface area contributed by atoms with E-state index in [0.717, 1.165) is 5.69 Å². The van der Waals surface area contributed by atoms with Crippen molar-refractivity contribution in [3.05, 3.63) is 59.4 Å². The number of nitrogens with zero attached hydrogens (tertiary/aromatic N) is 3. The molecule has 0 saturated heterocycles. The fourth-order valence-electron chi connectivity index (χ4n) is 2.81. The minimum atomic E-state index is -3.14. The van der Waals surface area contributed by atoms with Crippen LogP contribution in [0.5, 0.6) is 5.75 Å². The van der Waals surface area contributed by atoms with Gasteiger partial charge in [-0.25, -0.2) is 22.8 Å². The summed E-state index contributed by atoms with van der Waals surface area (Å²) in [5.74, 6) is 0.130. The van der Waals surface area contributed by atoms with Crippen molar-refractivity contribution in [2.24, 2.45) is 9.98 Å². The topological polar surface area (TPSA) is 71.3 Å². The minimum Gasteiger partial charge on any atom is -0.493 e. The number of hydrogen-bond acceptors (Lipinski definition) is 6. The Bertz CT molecular complexity index is 1040. The zero-order chi connectivity index (χ0) is 20.9. The van der Waals surface area contributed by atoms with Gasteiger partial charge in [-0.3, -0.25) is 4.39 Å². The van der Waals surface area contributed by atoms with Crippen molar-refractivity contribution in [2.75, 3.05) is 31.1 Å². The Balaban J connectivity index is 1.77. The molecule has 0 N–H and O–H groups in total. The molecule has 1 aliphatic rings. The van der Waals surface area contributed by atoms with Crippen LogP contribution in [0.15, 0.2) is 52.4 Å². The highest BCUT2D eigenvalue weighted by Gasteiger charge is 2.16. The summed E-state index contributed by atoms with van der Waals surface area (Å²) in [6, 6.07) is 11.2. The lowest BCUT2D eigenvalue weighted by atomic mass is 10.1. The van der Waals surface area contributed by atoms with Crippen molar-refractivity contribution in [1.82, 2.24) is 0 Å². The van der Waals surface area contributed by atoms with Gasteiger partial charge in [0.25, 0.3) is 0 Å². The highest BCUT2D eigenvalue weighted by molar-refractivity contribution is 7.89. The number of anilines is 1. The molecule has 0 spiro atoms. The molecule has 0 bridgehead atoms. The average Bonchev–Trinajstić information content (AvgIpc) is 2.67. The molecule has 3 rings (SSSR count). The van der Waals surface area contributed by atoms with Gasteiger partial charge in [0.1, 0.15) is 18.2 Å². The molecule has 0 unspecified atom stereocenters. The summed E-state index contributed by atoms with van der Waals surface area (Å²) >= 11 is 0. The van der Waals surface area contributed by atoms with E-state index in [1.807, 2.05) is 6.07 Å². The Morgan fingerprint density at radius 1 is 1.21 bits per heavy atom. The molecule has 29 heavy (non-hydrogen) atoms. The molecule has 2 aromatic rings. The number of hydrogen-bond donors (Lipinski definition) is 0. The van der Waals surface area contributed by atoms with Gasteiger partial charge in [0.05, 0.1) is 30.9 Å². The Labute approximate surface area is 168 Å². The van der Waals surface area contributed by atoms with Gasteiger partial charge < -0.3 is 9.64 Å². The third-order valence-corrected chi connectivity index (χ3v) is 4.94. The summed E-state index contributed by atoms with van der Waals surface area (Å²) < 4.78 is 54.4. The van der Waals surface area contributed by atoms with Crippen LogP contribution in [-0.2, 0) is 15.6 Å². The summed E-state index contributed by atoms with van der Waals surface area (Å²) in [5.41, 5.74) is 1.96. The molecule has 154 valence electrons. The van der Waals surface area contributed by atoms with Crippen molar-refractivity contribution in [2.45, 2.75) is 12.2 Å². The lowest BCUT2D eigenvalue weighted by Crippen LogP contribution is -2.27. The first-order valence-electron chi connectivity index (χ1n) is 8.96. The lowest BCUT2D eigenvalue weighted by Gasteiger charge is -2.22. The zero-order valence-corrected chi connectivity index (χ0v) is 16.7. The smallest absolute Gasteiger partial charge is 0.161 e. The monoisotopic (exact) mass is 421 g/mol. The van der Waals surface area contributed by atoms with Gasteiger partial charge in [0.2, 0.25) is 0 Å². The molecule has 0 saturated carbocycles.